The molecule has 0 N–H and O–H groups in total. The van der Waals surface area contributed by atoms with Gasteiger partial charge in [-0.25, -0.2) is 8.78 Å². The van der Waals surface area contributed by atoms with Crippen LogP contribution < -0.4 is 0 Å². The van der Waals surface area contributed by atoms with Crippen LogP contribution in [0.1, 0.15) is 23.1 Å². The van der Waals surface area contributed by atoms with E-state index in [2.05, 4.69) is 10.3 Å². The Hall–Kier alpha value is -3.18. The topological polar surface area (TPSA) is 59.7 Å². The maximum absolute atomic E-state index is 15.4. The summed E-state index contributed by atoms with van der Waals surface area (Å²) < 4.78 is 73.2. The average molecular weight is 559 g/mol. The largest absolute Gasteiger partial charge is 0.435 e. The van der Waals surface area contributed by atoms with Crippen LogP contribution in [-0.2, 0) is 27.4 Å². The van der Waals surface area contributed by atoms with Crippen molar-refractivity contribution in [1.82, 2.24) is 14.7 Å². The van der Waals surface area contributed by atoms with Crippen molar-refractivity contribution < 1.29 is 31.6 Å². The van der Waals surface area contributed by atoms with E-state index in [-0.39, 0.29) is 42.4 Å². The third-order valence-corrected chi connectivity index (χ3v) is 7.01. The van der Waals surface area contributed by atoms with Gasteiger partial charge in [0.2, 0.25) is 5.91 Å². The molecule has 0 radical (unpaired) electrons. The van der Waals surface area contributed by atoms with E-state index >= 15 is 4.39 Å². The number of amides is 1. The van der Waals surface area contributed by atoms with Crippen LogP contribution in [-0.4, -0.2) is 45.6 Å². The van der Waals surface area contributed by atoms with Crippen LogP contribution in [0.25, 0.3) is 0 Å². The standard InChI is InChI=1S/C24H17Cl2F5N4O2/c25-17-8-16(9-18(26)21(17)27)23(24(29,30)31)10-19(33-37-23)14-2-4-15(5-3-14)22(28)12-34(13-22)20(36)11-35-7-1-6-32-35/h1-9H,10-13H2. The van der Waals surface area contributed by atoms with Gasteiger partial charge in [0.15, 0.2) is 11.5 Å². The average Bonchev–Trinajstić information content (AvgIpc) is 3.51. The van der Waals surface area contributed by atoms with E-state index in [0.717, 1.165) is 12.1 Å². The molecule has 2 aliphatic heterocycles. The maximum Gasteiger partial charge on any atom is 0.435 e. The highest BCUT2D eigenvalue weighted by Crippen LogP contribution is 2.50. The Bertz CT molecular complexity index is 1350. The molecular weight excluding hydrogens is 542 g/mol. The molecule has 13 heteroatoms. The van der Waals surface area contributed by atoms with Gasteiger partial charge < -0.3 is 9.74 Å². The molecule has 194 valence electrons. The minimum absolute atomic E-state index is 0.00667. The van der Waals surface area contributed by atoms with Crippen LogP contribution in [0, 0.1) is 5.82 Å². The first-order chi connectivity index (χ1) is 17.4. The summed E-state index contributed by atoms with van der Waals surface area (Å²) in [5.41, 5.74) is -4.69. The zero-order valence-corrected chi connectivity index (χ0v) is 20.3. The van der Waals surface area contributed by atoms with Crippen molar-refractivity contribution in [3.8, 4) is 0 Å². The van der Waals surface area contributed by atoms with Gasteiger partial charge in [-0.1, -0.05) is 52.6 Å². The molecule has 6 nitrogen and oxygen atoms in total. The number of carbonyl (C=O) groups is 1. The monoisotopic (exact) mass is 558 g/mol. The van der Waals surface area contributed by atoms with E-state index in [1.807, 2.05) is 0 Å². The summed E-state index contributed by atoms with van der Waals surface area (Å²) in [6.45, 7) is -0.313. The first-order valence-electron chi connectivity index (χ1n) is 10.9. The highest BCUT2D eigenvalue weighted by molar-refractivity contribution is 6.35. The van der Waals surface area contributed by atoms with Crippen molar-refractivity contribution in [2.75, 3.05) is 13.1 Å². The van der Waals surface area contributed by atoms with Gasteiger partial charge in [0.05, 0.1) is 28.8 Å². The Kier molecular flexibility index (Phi) is 6.18. The quantitative estimate of drug-likeness (QED) is 0.302. The Balaban J connectivity index is 1.31. The fourth-order valence-corrected chi connectivity index (χ4v) is 4.85. The number of hydrogen-bond donors (Lipinski definition) is 0. The summed E-state index contributed by atoms with van der Waals surface area (Å²) in [6.07, 6.45) is -2.51. The number of benzene rings is 2. The van der Waals surface area contributed by atoms with E-state index in [1.54, 1.807) is 12.3 Å². The summed E-state index contributed by atoms with van der Waals surface area (Å²) in [5, 5.41) is 6.42. The molecule has 1 unspecified atom stereocenters. The molecule has 1 fully saturated rings. The zero-order valence-electron chi connectivity index (χ0n) is 18.8. The normalized spacial score (nSPS) is 20.8. The summed E-state index contributed by atoms with van der Waals surface area (Å²) in [5.74, 6) is -1.33. The van der Waals surface area contributed by atoms with Crippen LogP contribution in [0.4, 0.5) is 22.0 Å². The number of oxime groups is 1. The number of carbonyl (C=O) groups excluding carboxylic acids is 1. The second kappa shape index (κ2) is 8.98. The van der Waals surface area contributed by atoms with E-state index in [4.69, 9.17) is 28.0 Å². The molecule has 2 aromatic carbocycles. The summed E-state index contributed by atoms with van der Waals surface area (Å²) in [7, 11) is 0. The third kappa shape index (κ3) is 4.44. The lowest BCUT2D eigenvalue weighted by atomic mass is 9.84. The minimum Gasteiger partial charge on any atom is -0.374 e. The number of halogens is 7. The maximum atomic E-state index is 15.4. The number of nitrogens with zero attached hydrogens (tertiary/aromatic N) is 4. The van der Waals surface area contributed by atoms with Gasteiger partial charge in [-0.2, -0.15) is 18.3 Å². The molecule has 1 aromatic heterocycles. The molecule has 5 rings (SSSR count). The highest BCUT2D eigenvalue weighted by atomic mass is 35.5. The summed E-state index contributed by atoms with van der Waals surface area (Å²) in [6, 6.07) is 9.03. The van der Waals surface area contributed by atoms with Gasteiger partial charge >= 0.3 is 6.18 Å². The van der Waals surface area contributed by atoms with Gasteiger partial charge in [0.25, 0.3) is 5.60 Å². The smallest absolute Gasteiger partial charge is 0.374 e. The summed E-state index contributed by atoms with van der Waals surface area (Å²) >= 11 is 11.4. The van der Waals surface area contributed by atoms with Gasteiger partial charge in [0.1, 0.15) is 6.54 Å². The van der Waals surface area contributed by atoms with Crippen molar-refractivity contribution in [3.05, 3.63) is 87.4 Å². The first-order valence-corrected chi connectivity index (χ1v) is 11.7. The van der Waals surface area contributed by atoms with Crippen molar-refractivity contribution in [2.24, 2.45) is 5.16 Å². The first kappa shape index (κ1) is 25.5. The molecule has 2 aliphatic rings. The fraction of sp³-hybridized carbons (Fsp3) is 0.292. The predicted octanol–water partition coefficient (Wildman–Crippen LogP) is 5.62. The van der Waals surface area contributed by atoms with E-state index in [0.29, 0.717) is 0 Å². The second-order valence-electron chi connectivity index (χ2n) is 8.88. The summed E-state index contributed by atoms with van der Waals surface area (Å²) in [4.78, 5) is 18.6. The molecule has 37 heavy (non-hydrogen) atoms. The highest BCUT2D eigenvalue weighted by Gasteiger charge is 2.62. The Morgan fingerprint density at radius 2 is 1.73 bits per heavy atom. The molecule has 1 saturated heterocycles. The molecule has 1 atom stereocenters. The van der Waals surface area contributed by atoms with Gasteiger partial charge in [0, 0.05) is 24.4 Å². The number of alkyl halides is 4. The molecule has 0 bridgehead atoms. The Labute approximate surface area is 217 Å². The van der Waals surface area contributed by atoms with Crippen molar-refractivity contribution in [3.63, 3.8) is 0 Å². The molecule has 1 amide bonds. The number of hydrogen-bond acceptors (Lipinski definition) is 4. The lowest BCUT2D eigenvalue weighted by molar-refractivity contribution is -0.275. The molecule has 0 saturated carbocycles. The molecule has 3 heterocycles. The number of rotatable bonds is 5. The van der Waals surface area contributed by atoms with Gasteiger partial charge in [-0.3, -0.25) is 9.48 Å². The van der Waals surface area contributed by atoms with Crippen LogP contribution in [0.15, 0.2) is 60.0 Å². The number of likely N-dealkylation sites (tertiary alicyclic amines) is 1. The Morgan fingerprint density at radius 1 is 1.08 bits per heavy atom. The number of aromatic nitrogens is 2. The Morgan fingerprint density at radius 3 is 2.30 bits per heavy atom. The van der Waals surface area contributed by atoms with Crippen LogP contribution >= 0.6 is 23.2 Å². The predicted molar refractivity (Wildman–Crippen MR) is 124 cm³/mol. The lowest BCUT2D eigenvalue weighted by Gasteiger charge is -2.44. The van der Waals surface area contributed by atoms with E-state index in [9.17, 15) is 22.4 Å². The van der Waals surface area contributed by atoms with Crippen LogP contribution in [0.5, 0.6) is 0 Å². The lowest BCUT2D eigenvalue weighted by Crippen LogP contribution is -2.59. The zero-order chi connectivity index (χ0) is 26.6. The minimum atomic E-state index is -4.94. The van der Waals surface area contributed by atoms with Crippen molar-refractivity contribution in [1.29, 1.82) is 0 Å². The third-order valence-electron chi connectivity index (χ3n) is 6.46. The SMILES string of the molecule is O=C(Cn1cccn1)N1CC(F)(c2ccc(C3=NOC(c4cc(Cl)c(F)c(Cl)c4)(C(F)(F)F)C3)cc2)C1. The van der Waals surface area contributed by atoms with Gasteiger partial charge in [-0.05, 0) is 29.3 Å². The van der Waals surface area contributed by atoms with Crippen LogP contribution in [0.2, 0.25) is 10.0 Å². The van der Waals surface area contributed by atoms with Crippen molar-refractivity contribution >= 4 is 34.8 Å². The molecule has 0 spiro atoms. The molecule has 0 aliphatic carbocycles. The van der Waals surface area contributed by atoms with Crippen LogP contribution in [0.3, 0.4) is 0 Å². The van der Waals surface area contributed by atoms with E-state index in [1.165, 1.54) is 40.0 Å². The second-order valence-corrected chi connectivity index (χ2v) is 9.70. The fourth-order valence-electron chi connectivity index (χ4n) is 4.36. The molecular formula is C24H17Cl2F5N4O2. The molecule has 3 aromatic rings. The van der Waals surface area contributed by atoms with E-state index < -0.39 is 45.3 Å². The van der Waals surface area contributed by atoms with Crippen molar-refractivity contribution in [2.45, 2.75) is 30.4 Å². The van der Waals surface area contributed by atoms with Gasteiger partial charge in [-0.15, -0.1) is 0 Å².